The minimum atomic E-state index is 0.689. The molecule has 0 radical (unpaired) electrons. The second-order valence-corrected chi connectivity index (χ2v) is 6.55. The Balaban J connectivity index is 1.89. The van der Waals surface area contributed by atoms with Crippen LogP contribution in [0.4, 0.5) is 0 Å². The molecule has 2 atom stereocenters. The molecule has 0 aromatic carbocycles. The highest BCUT2D eigenvalue weighted by molar-refractivity contribution is 9.09. The lowest BCUT2D eigenvalue weighted by molar-refractivity contribution is 0.175. The highest BCUT2D eigenvalue weighted by Crippen LogP contribution is 2.32. The van der Waals surface area contributed by atoms with Crippen molar-refractivity contribution in [3.8, 4) is 0 Å². The summed E-state index contributed by atoms with van der Waals surface area (Å²) in [5.74, 6) is 0. The number of likely N-dealkylation sites (tertiary alicyclic amines) is 1. The van der Waals surface area contributed by atoms with Crippen molar-refractivity contribution in [2.75, 3.05) is 6.54 Å². The first-order valence-electron chi connectivity index (χ1n) is 6.17. The summed E-state index contributed by atoms with van der Waals surface area (Å²) in [5.41, 5.74) is 0. The maximum Gasteiger partial charge on any atom is 0.0132 e. The summed E-state index contributed by atoms with van der Waals surface area (Å²) in [6.07, 6.45) is 10.1. The summed E-state index contributed by atoms with van der Waals surface area (Å²) < 4.78 is 0. The van der Waals surface area contributed by atoms with E-state index in [0.717, 1.165) is 12.1 Å². The van der Waals surface area contributed by atoms with E-state index in [9.17, 15) is 0 Å². The molecule has 1 nitrogen and oxygen atoms in total. The zero-order valence-corrected chi connectivity index (χ0v) is 10.8. The van der Waals surface area contributed by atoms with E-state index >= 15 is 0 Å². The SMILES string of the molecule is CC(Br)CC1CCCN1C1CCCC1. The van der Waals surface area contributed by atoms with Gasteiger partial charge in [0, 0.05) is 16.9 Å². The number of hydrogen-bond donors (Lipinski definition) is 0. The summed E-state index contributed by atoms with van der Waals surface area (Å²) >= 11 is 3.69. The van der Waals surface area contributed by atoms with Gasteiger partial charge in [-0.1, -0.05) is 35.7 Å². The van der Waals surface area contributed by atoms with Crippen molar-refractivity contribution in [3.05, 3.63) is 0 Å². The molecule has 1 aliphatic heterocycles. The Bertz CT molecular complexity index is 175. The van der Waals surface area contributed by atoms with Gasteiger partial charge >= 0.3 is 0 Å². The number of alkyl halides is 1. The molecule has 0 N–H and O–H groups in total. The summed E-state index contributed by atoms with van der Waals surface area (Å²) in [6, 6.07) is 1.82. The maximum absolute atomic E-state index is 3.69. The first kappa shape index (κ1) is 10.9. The standard InChI is InChI=1S/C12H22BrN/c1-10(13)9-12-7-4-8-14(12)11-5-2-3-6-11/h10-12H,2-9H2,1H3. The molecular formula is C12H22BrN. The van der Waals surface area contributed by atoms with Crippen LogP contribution in [-0.4, -0.2) is 28.4 Å². The topological polar surface area (TPSA) is 3.24 Å². The fourth-order valence-corrected chi connectivity index (χ4v) is 3.63. The maximum atomic E-state index is 3.69. The highest BCUT2D eigenvalue weighted by Gasteiger charge is 2.32. The van der Waals surface area contributed by atoms with Gasteiger partial charge in [0.2, 0.25) is 0 Å². The van der Waals surface area contributed by atoms with E-state index in [-0.39, 0.29) is 0 Å². The smallest absolute Gasteiger partial charge is 0.0132 e. The number of halogens is 1. The molecule has 1 saturated heterocycles. The molecule has 2 heteroatoms. The zero-order valence-electron chi connectivity index (χ0n) is 9.21. The average Bonchev–Trinajstić information content (AvgIpc) is 2.70. The molecular weight excluding hydrogens is 238 g/mol. The average molecular weight is 260 g/mol. The molecule has 2 unspecified atom stereocenters. The predicted molar refractivity (Wildman–Crippen MR) is 65.0 cm³/mol. The summed E-state index contributed by atoms with van der Waals surface area (Å²) in [5, 5.41) is 0. The Kier molecular flexibility index (Phi) is 3.89. The molecule has 14 heavy (non-hydrogen) atoms. The second kappa shape index (κ2) is 4.98. The fourth-order valence-electron chi connectivity index (χ4n) is 3.20. The van der Waals surface area contributed by atoms with Crippen LogP contribution >= 0.6 is 15.9 Å². The van der Waals surface area contributed by atoms with Crippen LogP contribution in [0.1, 0.15) is 51.9 Å². The summed E-state index contributed by atoms with van der Waals surface area (Å²) in [6.45, 7) is 3.65. The van der Waals surface area contributed by atoms with Gasteiger partial charge in [-0.2, -0.15) is 0 Å². The highest BCUT2D eigenvalue weighted by atomic mass is 79.9. The third kappa shape index (κ3) is 2.52. The Labute approximate surface area is 96.4 Å². The van der Waals surface area contributed by atoms with Crippen LogP contribution in [-0.2, 0) is 0 Å². The van der Waals surface area contributed by atoms with Crippen molar-refractivity contribution >= 4 is 15.9 Å². The lowest BCUT2D eigenvalue weighted by atomic mass is 10.1. The van der Waals surface area contributed by atoms with E-state index in [4.69, 9.17) is 0 Å². The van der Waals surface area contributed by atoms with Crippen LogP contribution in [0.5, 0.6) is 0 Å². The lowest BCUT2D eigenvalue weighted by Crippen LogP contribution is -2.38. The van der Waals surface area contributed by atoms with Gasteiger partial charge in [-0.15, -0.1) is 0 Å². The Hall–Kier alpha value is 0.440. The minimum Gasteiger partial charge on any atom is -0.297 e. The minimum absolute atomic E-state index is 0.689. The van der Waals surface area contributed by atoms with Crippen LogP contribution in [0.3, 0.4) is 0 Å². The van der Waals surface area contributed by atoms with Crippen molar-refractivity contribution < 1.29 is 0 Å². The molecule has 1 aliphatic carbocycles. The predicted octanol–water partition coefficient (Wildman–Crippen LogP) is 3.57. The Morgan fingerprint density at radius 2 is 1.93 bits per heavy atom. The van der Waals surface area contributed by atoms with Gasteiger partial charge in [-0.25, -0.2) is 0 Å². The van der Waals surface area contributed by atoms with E-state index < -0.39 is 0 Å². The quantitative estimate of drug-likeness (QED) is 0.701. The third-order valence-electron chi connectivity index (χ3n) is 3.81. The molecule has 2 rings (SSSR count). The van der Waals surface area contributed by atoms with Gasteiger partial charge in [0.25, 0.3) is 0 Å². The fraction of sp³-hybridized carbons (Fsp3) is 1.00. The molecule has 1 saturated carbocycles. The van der Waals surface area contributed by atoms with E-state index in [1.54, 1.807) is 0 Å². The zero-order chi connectivity index (χ0) is 9.97. The first-order chi connectivity index (χ1) is 6.77. The van der Waals surface area contributed by atoms with Crippen LogP contribution in [0.15, 0.2) is 0 Å². The van der Waals surface area contributed by atoms with Crippen LogP contribution in [0.25, 0.3) is 0 Å². The molecule has 1 heterocycles. The molecule has 0 aromatic heterocycles. The molecule has 82 valence electrons. The molecule has 0 bridgehead atoms. The first-order valence-corrected chi connectivity index (χ1v) is 7.09. The van der Waals surface area contributed by atoms with Crippen molar-refractivity contribution in [2.45, 2.75) is 68.8 Å². The van der Waals surface area contributed by atoms with Gasteiger partial charge in [0.15, 0.2) is 0 Å². The van der Waals surface area contributed by atoms with Crippen molar-refractivity contribution in [1.29, 1.82) is 0 Å². The monoisotopic (exact) mass is 259 g/mol. The van der Waals surface area contributed by atoms with Gasteiger partial charge in [0.1, 0.15) is 0 Å². The van der Waals surface area contributed by atoms with Gasteiger partial charge in [-0.3, -0.25) is 4.90 Å². The van der Waals surface area contributed by atoms with Crippen LogP contribution in [0, 0.1) is 0 Å². The van der Waals surface area contributed by atoms with Gasteiger partial charge in [0.05, 0.1) is 0 Å². The normalized spacial score (nSPS) is 32.6. The molecule has 0 aromatic rings. The van der Waals surface area contributed by atoms with Gasteiger partial charge < -0.3 is 0 Å². The van der Waals surface area contributed by atoms with Crippen LogP contribution < -0.4 is 0 Å². The van der Waals surface area contributed by atoms with E-state index in [1.807, 2.05) is 0 Å². The number of hydrogen-bond acceptors (Lipinski definition) is 1. The summed E-state index contributed by atoms with van der Waals surface area (Å²) in [4.78, 5) is 3.50. The Morgan fingerprint density at radius 3 is 2.57 bits per heavy atom. The van der Waals surface area contributed by atoms with E-state index in [0.29, 0.717) is 4.83 Å². The van der Waals surface area contributed by atoms with Crippen molar-refractivity contribution in [1.82, 2.24) is 4.90 Å². The largest absolute Gasteiger partial charge is 0.297 e. The molecule has 0 spiro atoms. The Morgan fingerprint density at radius 1 is 1.21 bits per heavy atom. The number of nitrogens with zero attached hydrogens (tertiary/aromatic N) is 1. The third-order valence-corrected chi connectivity index (χ3v) is 4.19. The molecule has 0 amide bonds. The summed E-state index contributed by atoms with van der Waals surface area (Å²) in [7, 11) is 0. The van der Waals surface area contributed by atoms with E-state index in [1.165, 1.54) is 51.5 Å². The van der Waals surface area contributed by atoms with Crippen molar-refractivity contribution in [3.63, 3.8) is 0 Å². The van der Waals surface area contributed by atoms with Crippen LogP contribution in [0.2, 0.25) is 0 Å². The van der Waals surface area contributed by atoms with Crippen molar-refractivity contribution in [2.24, 2.45) is 0 Å². The lowest BCUT2D eigenvalue weighted by Gasteiger charge is -2.31. The number of rotatable bonds is 3. The molecule has 2 fully saturated rings. The second-order valence-electron chi connectivity index (χ2n) is 4.99. The molecule has 2 aliphatic rings. The van der Waals surface area contributed by atoms with Gasteiger partial charge in [-0.05, 0) is 38.6 Å². The van der Waals surface area contributed by atoms with E-state index in [2.05, 4.69) is 27.8 Å².